The second kappa shape index (κ2) is 10.5. The Bertz CT molecular complexity index is 959. The van der Waals surface area contributed by atoms with Crippen molar-refractivity contribution in [2.24, 2.45) is 0 Å². The van der Waals surface area contributed by atoms with Crippen LogP contribution in [0.3, 0.4) is 0 Å². The van der Waals surface area contributed by atoms with E-state index in [0.29, 0.717) is 55.8 Å². The van der Waals surface area contributed by atoms with Gasteiger partial charge in [0.2, 0.25) is 0 Å². The Morgan fingerprint density at radius 3 is 2.77 bits per heavy atom. The van der Waals surface area contributed by atoms with Crippen molar-refractivity contribution in [1.29, 1.82) is 0 Å². The Labute approximate surface area is 180 Å². The van der Waals surface area contributed by atoms with Crippen molar-refractivity contribution >= 4 is 23.5 Å². The molecule has 2 aromatic carbocycles. The van der Waals surface area contributed by atoms with Crippen molar-refractivity contribution in [2.75, 3.05) is 32.1 Å². The van der Waals surface area contributed by atoms with Crippen molar-refractivity contribution in [2.45, 2.75) is 25.7 Å². The van der Waals surface area contributed by atoms with E-state index in [1.807, 2.05) is 24.3 Å². The van der Waals surface area contributed by atoms with E-state index in [1.54, 1.807) is 25.3 Å². The lowest BCUT2D eigenvalue weighted by molar-refractivity contribution is -0.118. The number of ketones is 1. The summed E-state index contributed by atoms with van der Waals surface area (Å²) in [6, 6.07) is 12.5. The SMILES string of the molecule is COc1cccc(CCN(CCCCC(=O)c2ccc3c(c2)NC(=O)CO3)C(=O)O)c1. The van der Waals surface area contributed by atoms with Gasteiger partial charge in [-0.15, -0.1) is 0 Å². The second-order valence-electron chi connectivity index (χ2n) is 7.30. The van der Waals surface area contributed by atoms with Crippen LogP contribution in [0.4, 0.5) is 10.5 Å². The molecule has 0 bridgehead atoms. The summed E-state index contributed by atoms with van der Waals surface area (Å²) >= 11 is 0. The number of Topliss-reactive ketones (excluding diaryl/α,β-unsaturated/α-hetero) is 1. The van der Waals surface area contributed by atoms with Crippen LogP contribution in [0.15, 0.2) is 42.5 Å². The van der Waals surface area contributed by atoms with E-state index < -0.39 is 6.09 Å². The van der Waals surface area contributed by atoms with E-state index in [9.17, 15) is 19.5 Å². The van der Waals surface area contributed by atoms with Gasteiger partial charge in [0, 0.05) is 25.1 Å². The normalized spacial score (nSPS) is 12.4. The van der Waals surface area contributed by atoms with Crippen LogP contribution in [-0.2, 0) is 11.2 Å². The third-order valence-electron chi connectivity index (χ3n) is 5.09. The van der Waals surface area contributed by atoms with Crippen molar-refractivity contribution in [3.05, 3.63) is 53.6 Å². The quantitative estimate of drug-likeness (QED) is 0.444. The molecule has 2 amide bonds. The molecule has 0 saturated carbocycles. The van der Waals surface area contributed by atoms with Crippen molar-refractivity contribution in [1.82, 2.24) is 4.90 Å². The number of methoxy groups -OCH3 is 1. The largest absolute Gasteiger partial charge is 0.497 e. The molecule has 0 aliphatic carbocycles. The third kappa shape index (κ3) is 6.21. The van der Waals surface area contributed by atoms with Crippen LogP contribution >= 0.6 is 0 Å². The fourth-order valence-electron chi connectivity index (χ4n) is 3.38. The van der Waals surface area contributed by atoms with E-state index in [4.69, 9.17) is 9.47 Å². The van der Waals surface area contributed by atoms with Gasteiger partial charge in [0.1, 0.15) is 11.5 Å². The van der Waals surface area contributed by atoms with E-state index in [-0.39, 0.29) is 18.3 Å². The third-order valence-corrected chi connectivity index (χ3v) is 5.09. The van der Waals surface area contributed by atoms with Crippen LogP contribution in [0.25, 0.3) is 0 Å². The molecule has 0 unspecified atom stereocenters. The van der Waals surface area contributed by atoms with Gasteiger partial charge >= 0.3 is 6.09 Å². The molecular formula is C23H26N2O6. The van der Waals surface area contributed by atoms with E-state index >= 15 is 0 Å². The Hall–Kier alpha value is -3.55. The zero-order valence-corrected chi connectivity index (χ0v) is 17.4. The van der Waals surface area contributed by atoms with Crippen molar-refractivity contribution < 1.29 is 29.0 Å². The molecule has 0 aromatic heterocycles. The molecule has 1 heterocycles. The predicted octanol–water partition coefficient (Wildman–Crippen LogP) is 3.60. The summed E-state index contributed by atoms with van der Waals surface area (Å²) in [6.45, 7) is 0.708. The molecule has 0 fully saturated rings. The first-order valence-corrected chi connectivity index (χ1v) is 10.2. The Morgan fingerprint density at radius 2 is 2.00 bits per heavy atom. The molecule has 1 aliphatic rings. The number of fused-ring (bicyclic) bond motifs is 1. The Balaban J connectivity index is 1.45. The first-order chi connectivity index (χ1) is 15.0. The molecule has 3 rings (SSSR count). The molecular weight excluding hydrogens is 400 g/mol. The lowest BCUT2D eigenvalue weighted by atomic mass is 10.0. The molecule has 0 saturated heterocycles. The number of benzene rings is 2. The van der Waals surface area contributed by atoms with Gasteiger partial charge in [-0.3, -0.25) is 9.59 Å². The topological polar surface area (TPSA) is 105 Å². The number of nitrogens with one attached hydrogen (secondary N) is 1. The fraction of sp³-hybridized carbons (Fsp3) is 0.348. The van der Waals surface area contributed by atoms with E-state index in [0.717, 1.165) is 11.3 Å². The zero-order chi connectivity index (χ0) is 22.2. The monoisotopic (exact) mass is 426 g/mol. The highest BCUT2D eigenvalue weighted by Crippen LogP contribution is 2.29. The smallest absolute Gasteiger partial charge is 0.407 e. The van der Waals surface area contributed by atoms with Crippen LogP contribution in [0.1, 0.15) is 35.2 Å². The van der Waals surface area contributed by atoms with E-state index in [2.05, 4.69) is 5.32 Å². The first-order valence-electron chi connectivity index (χ1n) is 10.2. The van der Waals surface area contributed by atoms with Crippen LogP contribution in [0.5, 0.6) is 11.5 Å². The number of carboxylic acid groups (broad SMARTS) is 1. The first kappa shape index (κ1) is 22.1. The number of nitrogens with zero attached hydrogens (tertiary/aromatic N) is 1. The summed E-state index contributed by atoms with van der Waals surface area (Å²) in [6.07, 6.45) is 1.07. The number of rotatable bonds is 10. The minimum atomic E-state index is -0.973. The standard InChI is InChI=1S/C23H26N2O6/c1-30-18-6-4-5-16(13-18)10-12-25(23(28)29)11-3-2-7-20(26)17-8-9-21-19(14-17)24-22(27)15-31-21/h4-6,8-9,13-14H,2-3,7,10-12,15H2,1H3,(H,24,27)(H,28,29). The highest BCUT2D eigenvalue weighted by atomic mass is 16.5. The van der Waals surface area contributed by atoms with E-state index in [1.165, 1.54) is 4.90 Å². The highest BCUT2D eigenvalue weighted by molar-refractivity contribution is 6.00. The number of amides is 2. The summed E-state index contributed by atoms with van der Waals surface area (Å²) in [4.78, 5) is 36.8. The van der Waals surface area contributed by atoms with Gasteiger partial charge in [-0.25, -0.2) is 4.79 Å². The minimum absolute atomic E-state index is 0.0296. The maximum absolute atomic E-state index is 12.5. The molecule has 2 N–H and O–H groups in total. The van der Waals surface area contributed by atoms with Gasteiger partial charge in [0.05, 0.1) is 12.8 Å². The molecule has 8 nitrogen and oxygen atoms in total. The number of carbonyl (C=O) groups excluding carboxylic acids is 2. The number of carbonyl (C=O) groups is 3. The second-order valence-corrected chi connectivity index (χ2v) is 7.30. The fourth-order valence-corrected chi connectivity index (χ4v) is 3.38. The molecule has 164 valence electrons. The summed E-state index contributed by atoms with van der Waals surface area (Å²) in [7, 11) is 1.60. The molecule has 31 heavy (non-hydrogen) atoms. The molecule has 0 spiro atoms. The van der Waals surface area contributed by atoms with Crippen LogP contribution in [-0.4, -0.2) is 54.6 Å². The number of anilines is 1. The number of hydrogen-bond acceptors (Lipinski definition) is 5. The Kier molecular flexibility index (Phi) is 7.48. The lowest BCUT2D eigenvalue weighted by Crippen LogP contribution is -2.32. The van der Waals surface area contributed by atoms with Gasteiger partial charge in [-0.2, -0.15) is 0 Å². The van der Waals surface area contributed by atoms with Gasteiger partial charge in [-0.05, 0) is 55.2 Å². The van der Waals surface area contributed by atoms with Crippen LogP contribution in [0, 0.1) is 0 Å². The average molecular weight is 426 g/mol. The predicted molar refractivity (Wildman–Crippen MR) is 115 cm³/mol. The maximum Gasteiger partial charge on any atom is 0.407 e. The minimum Gasteiger partial charge on any atom is -0.497 e. The summed E-state index contributed by atoms with van der Waals surface area (Å²) in [5.41, 5.74) is 2.00. The van der Waals surface area contributed by atoms with Gasteiger partial charge in [0.15, 0.2) is 12.4 Å². The molecule has 2 aromatic rings. The zero-order valence-electron chi connectivity index (χ0n) is 17.4. The maximum atomic E-state index is 12.5. The van der Waals surface area contributed by atoms with Crippen molar-refractivity contribution in [3.63, 3.8) is 0 Å². The summed E-state index contributed by atoms with van der Waals surface area (Å²) < 4.78 is 10.5. The van der Waals surface area contributed by atoms with Crippen molar-refractivity contribution in [3.8, 4) is 11.5 Å². The molecule has 1 aliphatic heterocycles. The van der Waals surface area contributed by atoms with Gasteiger partial charge in [-0.1, -0.05) is 12.1 Å². The average Bonchev–Trinajstić information content (AvgIpc) is 2.77. The van der Waals surface area contributed by atoms with Crippen LogP contribution in [0.2, 0.25) is 0 Å². The van der Waals surface area contributed by atoms with Gasteiger partial charge in [0.25, 0.3) is 5.91 Å². The van der Waals surface area contributed by atoms with Crippen LogP contribution < -0.4 is 14.8 Å². The summed E-state index contributed by atoms with van der Waals surface area (Å²) in [5.74, 6) is 0.983. The molecule has 8 heteroatoms. The Morgan fingerprint density at radius 1 is 1.16 bits per heavy atom. The number of hydrogen-bond donors (Lipinski definition) is 2. The lowest BCUT2D eigenvalue weighted by Gasteiger charge is -2.19. The molecule has 0 radical (unpaired) electrons. The summed E-state index contributed by atoms with van der Waals surface area (Å²) in [5, 5.41) is 12.1. The molecule has 0 atom stereocenters. The van der Waals surface area contributed by atoms with Gasteiger partial charge < -0.3 is 24.8 Å². The number of ether oxygens (including phenoxy) is 2. The highest BCUT2D eigenvalue weighted by Gasteiger charge is 2.18. The number of unbranched alkanes of at least 4 members (excludes halogenated alkanes) is 1.